The maximum atomic E-state index is 12.4. The summed E-state index contributed by atoms with van der Waals surface area (Å²) in [6, 6.07) is -0.798. The van der Waals surface area contributed by atoms with Crippen molar-refractivity contribution in [2.75, 3.05) is 6.61 Å². The second kappa shape index (κ2) is 36.4. The van der Waals surface area contributed by atoms with Crippen LogP contribution in [0, 0.1) is 0 Å². The summed E-state index contributed by atoms with van der Waals surface area (Å²) in [4.78, 5) is 12.4. The fourth-order valence-electron chi connectivity index (χ4n) is 5.82. The maximum Gasteiger partial charge on any atom is 0.249 e. The minimum atomic E-state index is -1.10. The van der Waals surface area contributed by atoms with Crippen LogP contribution in [0.1, 0.15) is 194 Å². The molecule has 5 heteroatoms. The van der Waals surface area contributed by atoms with Gasteiger partial charge in [-0.25, -0.2) is 0 Å². The van der Waals surface area contributed by atoms with Crippen LogP contribution in [-0.4, -0.2) is 46.1 Å². The number of nitrogens with one attached hydrogen (secondary N) is 1. The van der Waals surface area contributed by atoms with Gasteiger partial charge in [-0.05, 0) is 44.9 Å². The molecule has 0 bridgehead atoms. The zero-order valence-corrected chi connectivity index (χ0v) is 30.5. The molecule has 1 amide bonds. The second-order valence-corrected chi connectivity index (χ2v) is 13.5. The van der Waals surface area contributed by atoms with Crippen LogP contribution in [0.2, 0.25) is 0 Å². The lowest BCUT2D eigenvalue weighted by Gasteiger charge is -2.21. The van der Waals surface area contributed by atoms with Gasteiger partial charge in [-0.3, -0.25) is 4.79 Å². The predicted octanol–water partition coefficient (Wildman–Crippen LogP) is 10.8. The number of carbonyl (C=O) groups is 1. The van der Waals surface area contributed by atoms with Crippen molar-refractivity contribution in [1.29, 1.82) is 0 Å². The Bertz CT molecular complexity index is 719. The summed E-state index contributed by atoms with van der Waals surface area (Å²) >= 11 is 0. The van der Waals surface area contributed by atoms with E-state index in [2.05, 4.69) is 43.5 Å². The zero-order chi connectivity index (χ0) is 33.8. The van der Waals surface area contributed by atoms with Gasteiger partial charge >= 0.3 is 0 Å². The van der Waals surface area contributed by atoms with Gasteiger partial charge in [0.2, 0.25) is 5.91 Å². The largest absolute Gasteiger partial charge is 0.394 e. The minimum absolute atomic E-state index is 0.365. The van der Waals surface area contributed by atoms with Gasteiger partial charge in [0.1, 0.15) is 6.10 Å². The number of aliphatic hydroxyl groups excluding tert-OH is 3. The van der Waals surface area contributed by atoms with Crippen LogP contribution >= 0.6 is 0 Å². The van der Waals surface area contributed by atoms with Crippen molar-refractivity contribution in [1.82, 2.24) is 5.32 Å². The first-order valence-corrected chi connectivity index (χ1v) is 19.8. The lowest BCUT2D eigenvalue weighted by Crippen LogP contribution is -2.48. The van der Waals surface area contributed by atoms with Crippen LogP contribution in [0.5, 0.6) is 0 Å². The Balaban J connectivity index is 3.73. The van der Waals surface area contributed by atoms with E-state index in [1.165, 1.54) is 141 Å². The number of rotatable bonds is 35. The van der Waals surface area contributed by atoms with Crippen LogP contribution in [0.15, 0.2) is 36.5 Å². The summed E-state index contributed by atoms with van der Waals surface area (Å²) in [5.74, 6) is -0.509. The molecule has 0 aromatic heterocycles. The van der Waals surface area contributed by atoms with Crippen molar-refractivity contribution >= 4 is 5.91 Å². The SMILES string of the molecule is CCCCC/C=C\C=C/CCCCCCCCCCCC(O)C(=O)NC(CO)C(O)/C=C/CCCCCCCCCCCCCC. The van der Waals surface area contributed by atoms with E-state index in [-0.39, 0.29) is 6.61 Å². The van der Waals surface area contributed by atoms with Gasteiger partial charge in [-0.15, -0.1) is 0 Å². The zero-order valence-electron chi connectivity index (χ0n) is 30.5. The molecule has 46 heavy (non-hydrogen) atoms. The number of hydrogen-bond acceptors (Lipinski definition) is 4. The third-order valence-corrected chi connectivity index (χ3v) is 9.00. The standard InChI is InChI=1S/C41H77NO4/c1-3-5-7-9-11-13-15-17-19-20-21-22-24-26-28-30-32-34-36-40(45)41(46)42-38(37-43)39(44)35-33-31-29-27-25-23-18-16-14-12-10-8-6-4-2/h11,13,15,17,33,35,38-40,43-45H,3-10,12,14,16,18-32,34,36-37H2,1-2H3,(H,42,46)/b13-11-,17-15-,35-33+. The Morgan fingerprint density at radius 2 is 0.913 bits per heavy atom. The quantitative estimate of drug-likeness (QED) is 0.0313. The summed E-state index contributed by atoms with van der Waals surface area (Å²) in [5, 5.41) is 33.0. The van der Waals surface area contributed by atoms with E-state index < -0.39 is 24.2 Å². The molecule has 5 nitrogen and oxygen atoms in total. The summed E-state index contributed by atoms with van der Waals surface area (Å²) in [5.41, 5.74) is 0. The Morgan fingerprint density at radius 3 is 1.37 bits per heavy atom. The maximum absolute atomic E-state index is 12.4. The van der Waals surface area contributed by atoms with Crippen LogP contribution in [0.3, 0.4) is 0 Å². The van der Waals surface area contributed by atoms with Gasteiger partial charge in [-0.2, -0.15) is 0 Å². The normalized spacial score (nSPS) is 14.1. The number of amides is 1. The number of aliphatic hydroxyl groups is 3. The third kappa shape index (κ3) is 31.2. The molecule has 3 atom stereocenters. The second-order valence-electron chi connectivity index (χ2n) is 13.5. The van der Waals surface area contributed by atoms with E-state index >= 15 is 0 Å². The van der Waals surface area contributed by atoms with Gasteiger partial charge in [0, 0.05) is 0 Å². The van der Waals surface area contributed by atoms with Crippen LogP contribution in [0.25, 0.3) is 0 Å². The molecule has 3 unspecified atom stereocenters. The summed E-state index contributed by atoms with van der Waals surface area (Å²) < 4.78 is 0. The number of carbonyl (C=O) groups excluding carboxylic acids is 1. The molecule has 0 fully saturated rings. The first kappa shape index (κ1) is 44.6. The monoisotopic (exact) mass is 648 g/mol. The highest BCUT2D eigenvalue weighted by atomic mass is 16.3. The third-order valence-electron chi connectivity index (χ3n) is 9.00. The van der Waals surface area contributed by atoms with Crippen LogP contribution in [-0.2, 0) is 4.79 Å². The molecule has 0 aliphatic carbocycles. The highest BCUT2D eigenvalue weighted by molar-refractivity contribution is 5.80. The Kier molecular flexibility index (Phi) is 35.3. The van der Waals surface area contributed by atoms with E-state index in [9.17, 15) is 20.1 Å². The molecular weight excluding hydrogens is 570 g/mol. The smallest absolute Gasteiger partial charge is 0.249 e. The van der Waals surface area contributed by atoms with Crippen molar-refractivity contribution in [3.63, 3.8) is 0 Å². The first-order valence-electron chi connectivity index (χ1n) is 19.8. The molecule has 0 aliphatic rings. The van der Waals surface area contributed by atoms with E-state index in [0.29, 0.717) is 6.42 Å². The average Bonchev–Trinajstić information content (AvgIpc) is 3.06. The highest BCUT2D eigenvalue weighted by Crippen LogP contribution is 2.14. The topological polar surface area (TPSA) is 89.8 Å². The Labute approximate surface area is 285 Å². The van der Waals surface area contributed by atoms with Crippen molar-refractivity contribution < 1.29 is 20.1 Å². The molecule has 0 saturated carbocycles. The Hall–Kier alpha value is -1.43. The molecule has 270 valence electrons. The van der Waals surface area contributed by atoms with Crippen molar-refractivity contribution in [3.05, 3.63) is 36.5 Å². The van der Waals surface area contributed by atoms with Gasteiger partial charge < -0.3 is 20.6 Å². The van der Waals surface area contributed by atoms with Gasteiger partial charge in [0.15, 0.2) is 0 Å². The number of hydrogen-bond donors (Lipinski definition) is 4. The minimum Gasteiger partial charge on any atom is -0.394 e. The molecule has 0 aromatic carbocycles. The lowest BCUT2D eigenvalue weighted by molar-refractivity contribution is -0.131. The first-order chi connectivity index (χ1) is 22.6. The molecule has 0 rings (SSSR count). The summed E-state index contributed by atoms with van der Waals surface area (Å²) in [6.07, 6.45) is 44.4. The van der Waals surface area contributed by atoms with Gasteiger partial charge in [0.25, 0.3) is 0 Å². The summed E-state index contributed by atoms with van der Waals surface area (Å²) in [7, 11) is 0. The molecule has 0 spiro atoms. The fourth-order valence-corrected chi connectivity index (χ4v) is 5.82. The fraction of sp³-hybridized carbons (Fsp3) is 0.829. The van der Waals surface area contributed by atoms with Crippen molar-refractivity contribution in [2.24, 2.45) is 0 Å². The van der Waals surface area contributed by atoms with Gasteiger partial charge in [0.05, 0.1) is 18.8 Å². The van der Waals surface area contributed by atoms with Crippen LogP contribution < -0.4 is 5.32 Å². The predicted molar refractivity (Wildman–Crippen MR) is 199 cm³/mol. The lowest BCUT2D eigenvalue weighted by atomic mass is 10.0. The van der Waals surface area contributed by atoms with E-state index in [1.54, 1.807) is 6.08 Å². The van der Waals surface area contributed by atoms with Gasteiger partial charge in [-0.1, -0.05) is 185 Å². The van der Waals surface area contributed by atoms with E-state index in [1.807, 2.05) is 6.08 Å². The molecule has 0 heterocycles. The molecular formula is C41H77NO4. The Morgan fingerprint density at radius 1 is 0.543 bits per heavy atom. The van der Waals surface area contributed by atoms with E-state index in [0.717, 1.165) is 32.1 Å². The number of unbranched alkanes of at least 4 members (excludes halogenated alkanes) is 24. The molecule has 0 aliphatic heterocycles. The molecule has 4 N–H and O–H groups in total. The van der Waals surface area contributed by atoms with Crippen molar-refractivity contribution in [3.8, 4) is 0 Å². The van der Waals surface area contributed by atoms with E-state index in [4.69, 9.17) is 0 Å². The molecule has 0 saturated heterocycles. The summed E-state index contributed by atoms with van der Waals surface area (Å²) in [6.45, 7) is 4.14. The van der Waals surface area contributed by atoms with Crippen LogP contribution in [0.4, 0.5) is 0 Å². The molecule has 0 aromatic rings. The molecule has 0 radical (unpaired) electrons. The average molecular weight is 648 g/mol. The highest BCUT2D eigenvalue weighted by Gasteiger charge is 2.22. The number of allylic oxidation sites excluding steroid dienone is 5. The van der Waals surface area contributed by atoms with Crippen molar-refractivity contribution in [2.45, 2.75) is 212 Å².